The molecule has 1 saturated carbocycles. The maximum absolute atomic E-state index is 11.8. The molecule has 128 valence electrons. The van der Waals surface area contributed by atoms with Gasteiger partial charge in [0, 0.05) is 26.2 Å². The Balaban J connectivity index is 0.00000242. The lowest BCUT2D eigenvalue weighted by atomic mass is 10.2. The number of nitrogens with one attached hydrogen (secondary N) is 2. The summed E-state index contributed by atoms with van der Waals surface area (Å²) in [5.41, 5.74) is -0.456. The molecule has 1 aliphatic carbocycles. The Morgan fingerprint density at radius 2 is 1.95 bits per heavy atom. The molecule has 3 atom stereocenters. The molecule has 2 rings (SSSR count). The summed E-state index contributed by atoms with van der Waals surface area (Å²) in [7, 11) is 1.81. The summed E-state index contributed by atoms with van der Waals surface area (Å²) in [6, 6.07) is 0.677. The van der Waals surface area contributed by atoms with Crippen LogP contribution in [0, 0.1) is 5.92 Å². The van der Waals surface area contributed by atoms with Crippen LogP contribution in [0.1, 0.15) is 40.5 Å². The molecule has 2 N–H and O–H groups in total. The van der Waals surface area contributed by atoms with Crippen LogP contribution in [0.25, 0.3) is 0 Å². The van der Waals surface area contributed by atoms with E-state index in [1.54, 1.807) is 0 Å². The van der Waals surface area contributed by atoms with Gasteiger partial charge in [-0.2, -0.15) is 0 Å². The summed E-state index contributed by atoms with van der Waals surface area (Å²) in [4.78, 5) is 18.3. The number of carbonyl (C=O) groups is 1. The van der Waals surface area contributed by atoms with Gasteiger partial charge >= 0.3 is 6.09 Å². The summed E-state index contributed by atoms with van der Waals surface area (Å²) in [5, 5.41) is 6.41. The van der Waals surface area contributed by atoms with Crippen molar-refractivity contribution in [2.24, 2.45) is 10.9 Å². The van der Waals surface area contributed by atoms with Gasteiger partial charge in [-0.1, -0.05) is 6.92 Å². The number of halogens is 1. The monoisotopic (exact) mass is 424 g/mol. The molecule has 1 aliphatic heterocycles. The van der Waals surface area contributed by atoms with Gasteiger partial charge in [0.05, 0.1) is 6.04 Å². The van der Waals surface area contributed by atoms with E-state index >= 15 is 0 Å². The molecule has 0 aromatic rings. The number of amides is 1. The average Bonchev–Trinajstić information content (AvgIpc) is 2.84. The fourth-order valence-corrected chi connectivity index (χ4v) is 2.53. The van der Waals surface area contributed by atoms with Gasteiger partial charge < -0.3 is 20.3 Å². The number of likely N-dealkylation sites (tertiary alicyclic amines) is 1. The van der Waals surface area contributed by atoms with Crippen LogP contribution in [-0.4, -0.2) is 54.8 Å². The second kappa shape index (κ2) is 7.70. The van der Waals surface area contributed by atoms with E-state index in [0.29, 0.717) is 6.04 Å². The molecule has 2 aliphatic rings. The fraction of sp³-hybridized carbons (Fsp3) is 0.867. The van der Waals surface area contributed by atoms with E-state index in [0.717, 1.165) is 31.4 Å². The molecule has 2 fully saturated rings. The lowest BCUT2D eigenvalue weighted by molar-refractivity contribution is 0.0507. The SMILES string of the molecule is CN=C(NC1CC1C)N1CCC(NC(=O)OC(C)(C)C)C1.I. The van der Waals surface area contributed by atoms with Crippen molar-refractivity contribution in [3.05, 3.63) is 0 Å². The molecule has 1 saturated heterocycles. The molecule has 0 spiro atoms. The number of rotatable bonds is 2. The van der Waals surface area contributed by atoms with Crippen LogP contribution in [0.3, 0.4) is 0 Å². The highest BCUT2D eigenvalue weighted by atomic mass is 127. The van der Waals surface area contributed by atoms with Crippen molar-refractivity contribution in [1.82, 2.24) is 15.5 Å². The zero-order valence-corrected chi connectivity index (χ0v) is 16.5. The lowest BCUT2D eigenvalue weighted by Gasteiger charge is -2.23. The number of guanidine groups is 1. The summed E-state index contributed by atoms with van der Waals surface area (Å²) < 4.78 is 5.30. The topological polar surface area (TPSA) is 66.0 Å². The van der Waals surface area contributed by atoms with Crippen molar-refractivity contribution in [3.63, 3.8) is 0 Å². The Bertz CT molecular complexity index is 422. The van der Waals surface area contributed by atoms with Crippen LogP contribution < -0.4 is 10.6 Å². The van der Waals surface area contributed by atoms with Crippen molar-refractivity contribution in [1.29, 1.82) is 0 Å². The Kier molecular flexibility index (Phi) is 6.76. The van der Waals surface area contributed by atoms with Crippen molar-refractivity contribution < 1.29 is 9.53 Å². The minimum atomic E-state index is -0.456. The van der Waals surface area contributed by atoms with Crippen molar-refractivity contribution in [3.8, 4) is 0 Å². The number of nitrogens with zero attached hydrogens (tertiary/aromatic N) is 2. The number of ether oxygens (including phenoxy) is 1. The minimum absolute atomic E-state index is 0. The predicted octanol–water partition coefficient (Wildman–Crippen LogP) is 2.19. The third-order valence-electron chi connectivity index (χ3n) is 3.84. The normalized spacial score (nSPS) is 28.0. The number of carbonyl (C=O) groups excluding carboxylic acids is 1. The highest BCUT2D eigenvalue weighted by Gasteiger charge is 2.35. The first kappa shape index (κ1) is 19.3. The molecule has 7 heteroatoms. The van der Waals surface area contributed by atoms with Crippen LogP contribution in [0.15, 0.2) is 4.99 Å². The molecular formula is C15H29IN4O2. The molecule has 1 heterocycles. The molecule has 1 amide bonds. The van der Waals surface area contributed by atoms with Crippen LogP contribution in [0.2, 0.25) is 0 Å². The first-order chi connectivity index (χ1) is 9.78. The van der Waals surface area contributed by atoms with Crippen molar-refractivity contribution in [2.75, 3.05) is 20.1 Å². The second-order valence-corrected chi connectivity index (χ2v) is 7.09. The van der Waals surface area contributed by atoms with E-state index in [4.69, 9.17) is 4.74 Å². The number of aliphatic imine (C=N–C) groups is 1. The first-order valence-electron chi connectivity index (χ1n) is 7.76. The van der Waals surface area contributed by atoms with Crippen LogP contribution in [-0.2, 0) is 4.74 Å². The van der Waals surface area contributed by atoms with Crippen LogP contribution >= 0.6 is 24.0 Å². The lowest BCUT2D eigenvalue weighted by Crippen LogP contribution is -2.44. The van der Waals surface area contributed by atoms with Gasteiger partial charge in [0.1, 0.15) is 5.60 Å². The van der Waals surface area contributed by atoms with Crippen LogP contribution in [0.4, 0.5) is 4.79 Å². The third-order valence-corrected chi connectivity index (χ3v) is 3.84. The fourth-order valence-electron chi connectivity index (χ4n) is 2.53. The van der Waals surface area contributed by atoms with E-state index in [2.05, 4.69) is 27.4 Å². The summed E-state index contributed by atoms with van der Waals surface area (Å²) in [6.45, 7) is 9.53. The molecule has 0 radical (unpaired) electrons. The summed E-state index contributed by atoms with van der Waals surface area (Å²) in [6.07, 6.45) is 1.79. The van der Waals surface area contributed by atoms with E-state index in [-0.39, 0.29) is 36.1 Å². The van der Waals surface area contributed by atoms with Crippen LogP contribution in [0.5, 0.6) is 0 Å². The molecule has 22 heavy (non-hydrogen) atoms. The van der Waals surface area contributed by atoms with E-state index < -0.39 is 5.60 Å². The Labute approximate surface area is 150 Å². The quantitative estimate of drug-likeness (QED) is 0.405. The molecular weight excluding hydrogens is 395 g/mol. The molecule has 0 bridgehead atoms. The molecule has 0 aromatic carbocycles. The highest BCUT2D eigenvalue weighted by molar-refractivity contribution is 14.0. The maximum atomic E-state index is 11.8. The van der Waals surface area contributed by atoms with E-state index in [1.165, 1.54) is 6.42 Å². The Morgan fingerprint density at radius 1 is 1.32 bits per heavy atom. The number of hydrogen-bond acceptors (Lipinski definition) is 3. The number of hydrogen-bond donors (Lipinski definition) is 2. The van der Waals surface area contributed by atoms with Crippen molar-refractivity contribution in [2.45, 2.75) is 58.2 Å². The van der Waals surface area contributed by atoms with E-state index in [1.807, 2.05) is 27.8 Å². The molecule has 6 nitrogen and oxygen atoms in total. The predicted molar refractivity (Wildman–Crippen MR) is 98.8 cm³/mol. The molecule has 0 aromatic heterocycles. The Morgan fingerprint density at radius 3 is 2.45 bits per heavy atom. The van der Waals surface area contributed by atoms with Gasteiger partial charge in [0.25, 0.3) is 0 Å². The molecule has 3 unspecified atom stereocenters. The van der Waals surface area contributed by atoms with E-state index in [9.17, 15) is 4.79 Å². The van der Waals surface area contributed by atoms with Gasteiger partial charge in [0.15, 0.2) is 5.96 Å². The maximum Gasteiger partial charge on any atom is 0.407 e. The summed E-state index contributed by atoms with van der Waals surface area (Å²) >= 11 is 0. The van der Waals surface area contributed by atoms with Gasteiger partial charge in [0.2, 0.25) is 0 Å². The van der Waals surface area contributed by atoms with Gasteiger partial charge in [-0.3, -0.25) is 4.99 Å². The van der Waals surface area contributed by atoms with Gasteiger partial charge in [-0.15, -0.1) is 24.0 Å². The average molecular weight is 424 g/mol. The van der Waals surface area contributed by atoms with Gasteiger partial charge in [-0.05, 0) is 39.5 Å². The summed E-state index contributed by atoms with van der Waals surface area (Å²) in [5.74, 6) is 1.68. The number of alkyl carbamates (subject to hydrolysis) is 1. The highest BCUT2D eigenvalue weighted by Crippen LogP contribution is 2.29. The van der Waals surface area contributed by atoms with Gasteiger partial charge in [-0.25, -0.2) is 4.79 Å². The Hall–Kier alpha value is -0.730. The second-order valence-electron chi connectivity index (χ2n) is 7.09. The zero-order valence-electron chi connectivity index (χ0n) is 14.2. The standard InChI is InChI=1S/C15H28N4O2.HI/c1-10-8-12(10)18-13(16-5)19-7-6-11(9-19)17-14(20)21-15(2,3)4;/h10-12H,6-9H2,1-5H3,(H,16,18)(H,17,20);1H. The largest absolute Gasteiger partial charge is 0.444 e. The van der Waals surface area contributed by atoms with Crippen molar-refractivity contribution >= 4 is 36.0 Å². The zero-order chi connectivity index (χ0) is 15.6. The first-order valence-corrected chi connectivity index (χ1v) is 7.76. The minimum Gasteiger partial charge on any atom is -0.444 e. The smallest absolute Gasteiger partial charge is 0.407 e. The third kappa shape index (κ3) is 5.81.